The summed E-state index contributed by atoms with van der Waals surface area (Å²) >= 11 is 0. The van der Waals surface area contributed by atoms with E-state index >= 15 is 0 Å². The fourth-order valence-electron chi connectivity index (χ4n) is 0.808. The second-order valence-corrected chi connectivity index (χ2v) is 8.87. The van der Waals surface area contributed by atoms with Crippen molar-refractivity contribution >= 4 is 7.29 Å². The molecule has 0 saturated carbocycles. The number of hydrogen-bond acceptors (Lipinski definition) is 1. The second-order valence-electron chi connectivity index (χ2n) is 5.46. The Hall–Kier alpha value is 0.190. The lowest BCUT2D eigenvalue weighted by atomic mass is 10.1. The molecule has 2 nitrogen and oxygen atoms in total. The van der Waals surface area contributed by atoms with E-state index in [9.17, 15) is 4.57 Å². The largest absolute Gasteiger partial charge is 0.306 e. The Morgan fingerprint density at radius 3 is 1.42 bits per heavy atom. The molecule has 0 aromatic heterocycles. The van der Waals surface area contributed by atoms with Crippen molar-refractivity contribution < 1.29 is 4.57 Å². The van der Waals surface area contributed by atoms with Gasteiger partial charge in [-0.05, 0) is 20.8 Å². The van der Waals surface area contributed by atoms with E-state index in [2.05, 4.69) is 5.09 Å². The molecule has 0 radical (unpaired) electrons. The van der Waals surface area contributed by atoms with Crippen molar-refractivity contribution in [2.45, 2.75) is 52.2 Å². The molecule has 0 rings (SSSR count). The molecular weight excluding hydrogens is 169 g/mol. The average Bonchev–Trinajstić information content (AvgIpc) is 1.52. The summed E-state index contributed by atoms with van der Waals surface area (Å²) in [6, 6.07) is 0. The van der Waals surface area contributed by atoms with E-state index in [0.29, 0.717) is 0 Å². The van der Waals surface area contributed by atoms with Gasteiger partial charge in [-0.1, -0.05) is 20.8 Å². The lowest BCUT2D eigenvalue weighted by molar-refractivity contribution is 0.474. The molecule has 0 aliphatic rings. The molecule has 1 atom stereocenters. The van der Waals surface area contributed by atoms with E-state index in [1.54, 1.807) is 0 Å². The molecule has 0 saturated heterocycles. The van der Waals surface area contributed by atoms with Crippen LogP contribution in [0.2, 0.25) is 0 Å². The van der Waals surface area contributed by atoms with Crippen LogP contribution in [-0.2, 0) is 4.57 Å². The first-order valence-corrected chi connectivity index (χ1v) is 6.48. The lowest BCUT2D eigenvalue weighted by Crippen LogP contribution is -2.38. The van der Waals surface area contributed by atoms with E-state index in [0.717, 1.165) is 0 Å². The van der Waals surface area contributed by atoms with E-state index in [4.69, 9.17) is 0 Å². The quantitative estimate of drug-likeness (QED) is 0.645. The Bertz CT molecular complexity index is 198. The molecular formula is C9H22NOP. The maximum atomic E-state index is 12.1. The molecule has 0 bridgehead atoms. The third-order valence-corrected chi connectivity index (χ3v) is 5.49. The Kier molecular flexibility index (Phi) is 3.21. The maximum Gasteiger partial charge on any atom is 0.150 e. The summed E-state index contributed by atoms with van der Waals surface area (Å²) in [5.41, 5.74) is -0.0719. The first kappa shape index (κ1) is 12.2. The fraction of sp³-hybridized carbons (Fsp3) is 1.00. The topological polar surface area (TPSA) is 29.1 Å². The SMILES string of the molecule is CC(C)(C)N[P@](C)(=O)C(C)(C)C. The maximum absolute atomic E-state index is 12.1. The summed E-state index contributed by atoms with van der Waals surface area (Å²) in [7, 11) is -2.25. The van der Waals surface area contributed by atoms with Gasteiger partial charge in [0.25, 0.3) is 0 Å². The highest BCUT2D eigenvalue weighted by atomic mass is 31.2. The van der Waals surface area contributed by atoms with Gasteiger partial charge in [0.05, 0.1) is 0 Å². The van der Waals surface area contributed by atoms with Gasteiger partial charge in [0.15, 0.2) is 0 Å². The first-order chi connectivity index (χ1) is 4.96. The van der Waals surface area contributed by atoms with Crippen LogP contribution >= 0.6 is 7.29 Å². The van der Waals surface area contributed by atoms with E-state index < -0.39 is 7.29 Å². The molecule has 1 N–H and O–H groups in total. The molecule has 0 amide bonds. The van der Waals surface area contributed by atoms with Crippen LogP contribution in [0.15, 0.2) is 0 Å². The van der Waals surface area contributed by atoms with Crippen molar-refractivity contribution in [3.05, 3.63) is 0 Å². The van der Waals surface area contributed by atoms with Crippen LogP contribution in [0.4, 0.5) is 0 Å². The van der Waals surface area contributed by atoms with Crippen molar-refractivity contribution in [2.24, 2.45) is 0 Å². The Morgan fingerprint density at radius 2 is 1.33 bits per heavy atom. The molecule has 0 aromatic rings. The zero-order valence-corrected chi connectivity index (χ0v) is 10.2. The molecule has 0 aliphatic carbocycles. The zero-order chi connectivity index (χ0) is 10.2. The average molecular weight is 191 g/mol. The molecule has 0 aliphatic heterocycles. The number of hydrogen-bond donors (Lipinski definition) is 1. The second kappa shape index (κ2) is 3.16. The van der Waals surface area contributed by atoms with E-state index in [-0.39, 0.29) is 10.7 Å². The summed E-state index contributed by atoms with van der Waals surface area (Å²) in [5.74, 6) is 0. The van der Waals surface area contributed by atoms with E-state index in [1.165, 1.54) is 0 Å². The number of rotatable bonds is 1. The third kappa shape index (κ3) is 3.73. The van der Waals surface area contributed by atoms with Gasteiger partial charge in [-0.25, -0.2) is 0 Å². The van der Waals surface area contributed by atoms with Crippen molar-refractivity contribution in [1.29, 1.82) is 0 Å². The lowest BCUT2D eigenvalue weighted by Gasteiger charge is -2.34. The molecule has 74 valence electrons. The van der Waals surface area contributed by atoms with E-state index in [1.807, 2.05) is 48.2 Å². The molecule has 12 heavy (non-hydrogen) atoms. The smallest absolute Gasteiger partial charge is 0.150 e. The summed E-state index contributed by atoms with van der Waals surface area (Å²) in [5, 5.41) is 3.04. The van der Waals surface area contributed by atoms with Gasteiger partial charge >= 0.3 is 0 Å². The summed E-state index contributed by atoms with van der Waals surface area (Å²) in [4.78, 5) is 0. The highest BCUT2D eigenvalue weighted by Gasteiger charge is 2.34. The first-order valence-electron chi connectivity index (χ1n) is 4.33. The van der Waals surface area contributed by atoms with Crippen LogP contribution in [0, 0.1) is 0 Å². The van der Waals surface area contributed by atoms with Crippen LogP contribution in [-0.4, -0.2) is 17.4 Å². The minimum absolute atomic E-state index is 0.0719. The highest BCUT2D eigenvalue weighted by molar-refractivity contribution is 7.62. The minimum Gasteiger partial charge on any atom is -0.306 e. The van der Waals surface area contributed by atoms with Crippen LogP contribution in [0.25, 0.3) is 0 Å². The Morgan fingerprint density at radius 1 is 1.00 bits per heavy atom. The molecule has 3 heteroatoms. The van der Waals surface area contributed by atoms with Gasteiger partial charge in [0.2, 0.25) is 0 Å². The van der Waals surface area contributed by atoms with Crippen molar-refractivity contribution in [3.63, 3.8) is 0 Å². The van der Waals surface area contributed by atoms with Gasteiger partial charge < -0.3 is 4.57 Å². The summed E-state index contributed by atoms with van der Waals surface area (Å²) in [6.07, 6.45) is 0. The monoisotopic (exact) mass is 191 g/mol. The standard InChI is InChI=1S/C9H22NOP/c1-8(2,3)10-12(7,11)9(4,5)6/h1-7H3,(H,10,11)/t12-/m1/s1. The van der Waals surface area contributed by atoms with Gasteiger partial charge in [0, 0.05) is 17.4 Å². The fourth-order valence-corrected chi connectivity index (χ4v) is 2.42. The molecule has 0 spiro atoms. The predicted octanol–water partition coefficient (Wildman–Crippen LogP) is 3.08. The zero-order valence-electron chi connectivity index (χ0n) is 9.36. The van der Waals surface area contributed by atoms with Gasteiger partial charge in [-0.3, -0.25) is 5.09 Å². The minimum atomic E-state index is -2.25. The van der Waals surface area contributed by atoms with Crippen molar-refractivity contribution in [3.8, 4) is 0 Å². The Labute approximate surface area is 76.6 Å². The van der Waals surface area contributed by atoms with Crippen molar-refractivity contribution in [2.75, 3.05) is 6.66 Å². The van der Waals surface area contributed by atoms with Crippen LogP contribution < -0.4 is 5.09 Å². The molecule has 0 fully saturated rings. The summed E-state index contributed by atoms with van der Waals surface area (Å²) < 4.78 is 12.1. The molecule has 0 heterocycles. The van der Waals surface area contributed by atoms with Gasteiger partial charge in [0.1, 0.15) is 7.29 Å². The van der Waals surface area contributed by atoms with Gasteiger partial charge in [-0.2, -0.15) is 0 Å². The Balaban J connectivity index is 4.57. The molecule has 0 unspecified atom stereocenters. The van der Waals surface area contributed by atoms with Crippen LogP contribution in [0.3, 0.4) is 0 Å². The van der Waals surface area contributed by atoms with Crippen LogP contribution in [0.1, 0.15) is 41.5 Å². The highest BCUT2D eigenvalue weighted by Crippen LogP contribution is 2.51. The normalized spacial score (nSPS) is 18.9. The molecule has 0 aromatic carbocycles. The summed E-state index contributed by atoms with van der Waals surface area (Å²) in [6.45, 7) is 13.9. The van der Waals surface area contributed by atoms with Crippen molar-refractivity contribution in [1.82, 2.24) is 5.09 Å². The third-order valence-electron chi connectivity index (χ3n) is 1.83. The van der Waals surface area contributed by atoms with Crippen LogP contribution in [0.5, 0.6) is 0 Å². The number of nitrogens with one attached hydrogen (secondary N) is 1. The predicted molar refractivity (Wildman–Crippen MR) is 56.2 cm³/mol. The van der Waals surface area contributed by atoms with Gasteiger partial charge in [-0.15, -0.1) is 0 Å².